The maximum Gasteiger partial charge on any atom is 0.240 e. The lowest BCUT2D eigenvalue weighted by molar-refractivity contribution is 0.479. The van der Waals surface area contributed by atoms with Crippen LogP contribution in [0.15, 0.2) is 23.1 Å². The van der Waals surface area contributed by atoms with Gasteiger partial charge in [-0.3, -0.25) is 0 Å². The lowest BCUT2D eigenvalue weighted by atomic mass is 10.0. The molecule has 6 heteroatoms. The number of hydrogen-bond acceptors (Lipinski definition) is 2. The molecule has 0 aliphatic heterocycles. The van der Waals surface area contributed by atoms with E-state index >= 15 is 0 Å². The molecule has 1 aromatic carbocycles. The number of rotatable bonds is 6. The number of halogens is 2. The van der Waals surface area contributed by atoms with Crippen LogP contribution in [0.3, 0.4) is 0 Å². The van der Waals surface area contributed by atoms with E-state index in [0.29, 0.717) is 12.5 Å². The first-order valence-corrected chi connectivity index (χ1v) is 7.71. The molecule has 0 heterocycles. The molecule has 0 fully saturated rings. The minimum absolute atomic E-state index is 0.0140. The molecule has 0 saturated heterocycles. The minimum atomic E-state index is -3.62. The van der Waals surface area contributed by atoms with Crippen molar-refractivity contribution in [2.75, 3.05) is 6.54 Å². The van der Waals surface area contributed by atoms with E-state index < -0.39 is 15.8 Å². The quantitative estimate of drug-likeness (QED) is 0.875. The minimum Gasteiger partial charge on any atom is -0.211 e. The Morgan fingerprint density at radius 3 is 2.44 bits per heavy atom. The third-order valence-electron chi connectivity index (χ3n) is 2.92. The molecule has 18 heavy (non-hydrogen) atoms. The summed E-state index contributed by atoms with van der Waals surface area (Å²) in [4.78, 5) is -0.0140. The Bertz CT molecular complexity index is 501. The fourth-order valence-corrected chi connectivity index (χ4v) is 2.92. The van der Waals surface area contributed by atoms with Crippen LogP contribution < -0.4 is 4.72 Å². The average Bonchev–Trinajstić information content (AvgIpc) is 2.33. The molecule has 0 aromatic heterocycles. The van der Waals surface area contributed by atoms with Gasteiger partial charge in [-0.2, -0.15) is 0 Å². The molecule has 1 N–H and O–H groups in total. The monoisotopic (exact) mass is 293 g/mol. The lowest BCUT2D eigenvalue weighted by Gasteiger charge is -2.13. The van der Waals surface area contributed by atoms with Gasteiger partial charge in [-0.1, -0.05) is 38.3 Å². The summed E-state index contributed by atoms with van der Waals surface area (Å²) in [5.74, 6) is -0.327. The van der Waals surface area contributed by atoms with Crippen molar-refractivity contribution in [3.05, 3.63) is 29.0 Å². The zero-order chi connectivity index (χ0) is 13.8. The van der Waals surface area contributed by atoms with Crippen molar-refractivity contribution in [2.24, 2.45) is 5.92 Å². The number of sulfonamides is 1. The fourth-order valence-electron chi connectivity index (χ4n) is 1.53. The van der Waals surface area contributed by atoms with Gasteiger partial charge < -0.3 is 0 Å². The van der Waals surface area contributed by atoms with E-state index in [9.17, 15) is 12.8 Å². The summed E-state index contributed by atoms with van der Waals surface area (Å²) in [6.45, 7) is 4.40. The topological polar surface area (TPSA) is 46.2 Å². The van der Waals surface area contributed by atoms with Crippen LogP contribution in [0.4, 0.5) is 4.39 Å². The van der Waals surface area contributed by atoms with Gasteiger partial charge in [0.05, 0.1) is 9.92 Å². The molecule has 0 radical (unpaired) electrons. The highest BCUT2D eigenvalue weighted by Gasteiger charge is 2.17. The van der Waals surface area contributed by atoms with Gasteiger partial charge >= 0.3 is 0 Å². The fraction of sp³-hybridized carbons (Fsp3) is 0.500. The van der Waals surface area contributed by atoms with E-state index in [-0.39, 0.29) is 9.92 Å². The van der Waals surface area contributed by atoms with Crippen LogP contribution in [0.2, 0.25) is 5.02 Å². The molecule has 1 aromatic rings. The molecule has 0 atom stereocenters. The highest BCUT2D eigenvalue weighted by Crippen LogP contribution is 2.19. The molecule has 0 spiro atoms. The summed E-state index contributed by atoms with van der Waals surface area (Å²) in [5.41, 5.74) is 0. The normalized spacial score (nSPS) is 12.1. The van der Waals surface area contributed by atoms with Gasteiger partial charge in [0.25, 0.3) is 0 Å². The highest BCUT2D eigenvalue weighted by molar-refractivity contribution is 7.89. The number of hydrogen-bond donors (Lipinski definition) is 1. The van der Waals surface area contributed by atoms with Crippen LogP contribution in [0.1, 0.15) is 26.7 Å². The van der Waals surface area contributed by atoms with Gasteiger partial charge in [0.15, 0.2) is 0 Å². The van der Waals surface area contributed by atoms with Gasteiger partial charge in [-0.25, -0.2) is 17.5 Å². The SMILES string of the molecule is CCC(CC)CNS(=O)(=O)c1ccc(F)c(Cl)c1. The third kappa shape index (κ3) is 3.93. The van der Waals surface area contributed by atoms with Gasteiger partial charge in [-0.15, -0.1) is 0 Å². The van der Waals surface area contributed by atoms with E-state index in [2.05, 4.69) is 4.72 Å². The summed E-state index contributed by atoms with van der Waals surface area (Å²) in [7, 11) is -3.62. The predicted octanol–water partition coefficient (Wildman–Crippen LogP) is 3.19. The van der Waals surface area contributed by atoms with Crippen molar-refractivity contribution in [1.82, 2.24) is 4.72 Å². The molecule has 1 rings (SSSR count). The zero-order valence-corrected chi connectivity index (χ0v) is 12.0. The first-order valence-electron chi connectivity index (χ1n) is 5.85. The standard InChI is InChI=1S/C12H17ClFNO2S/c1-3-9(4-2)8-15-18(16,17)10-5-6-12(14)11(13)7-10/h5-7,9,15H,3-4,8H2,1-2H3. The Balaban J connectivity index is 2.83. The van der Waals surface area contributed by atoms with E-state index in [4.69, 9.17) is 11.6 Å². The smallest absolute Gasteiger partial charge is 0.211 e. The average molecular weight is 294 g/mol. The summed E-state index contributed by atoms with van der Waals surface area (Å²) < 4.78 is 39.4. The first kappa shape index (κ1) is 15.4. The summed E-state index contributed by atoms with van der Waals surface area (Å²) in [6.07, 6.45) is 1.81. The Hall–Kier alpha value is -0.650. The van der Waals surface area contributed by atoms with Crippen molar-refractivity contribution < 1.29 is 12.8 Å². The van der Waals surface area contributed by atoms with Crippen LogP contribution in [-0.4, -0.2) is 15.0 Å². The first-order chi connectivity index (χ1) is 8.40. The van der Waals surface area contributed by atoms with Gasteiger partial charge in [-0.05, 0) is 24.1 Å². The molecular weight excluding hydrogens is 277 g/mol. The highest BCUT2D eigenvalue weighted by atomic mass is 35.5. The van der Waals surface area contributed by atoms with E-state index in [1.807, 2.05) is 13.8 Å². The van der Waals surface area contributed by atoms with Crippen LogP contribution in [0.5, 0.6) is 0 Å². The molecule has 0 amide bonds. The Morgan fingerprint density at radius 1 is 1.33 bits per heavy atom. The van der Waals surface area contributed by atoms with Crippen LogP contribution in [0, 0.1) is 11.7 Å². The maximum atomic E-state index is 13.0. The molecule has 0 bridgehead atoms. The molecule has 0 aliphatic rings. The van der Waals surface area contributed by atoms with E-state index in [1.165, 1.54) is 6.07 Å². The molecule has 0 aliphatic carbocycles. The third-order valence-corrected chi connectivity index (χ3v) is 4.63. The van der Waals surface area contributed by atoms with Crippen LogP contribution >= 0.6 is 11.6 Å². The number of nitrogens with one attached hydrogen (secondary N) is 1. The summed E-state index contributed by atoms with van der Waals surface area (Å²) in [5, 5.41) is -0.194. The van der Waals surface area contributed by atoms with Crippen molar-refractivity contribution in [1.29, 1.82) is 0 Å². The Kier molecular flexibility index (Phi) is 5.56. The van der Waals surface area contributed by atoms with Crippen molar-refractivity contribution in [2.45, 2.75) is 31.6 Å². The largest absolute Gasteiger partial charge is 0.240 e. The Morgan fingerprint density at radius 2 is 1.94 bits per heavy atom. The van der Waals surface area contributed by atoms with Crippen molar-refractivity contribution >= 4 is 21.6 Å². The summed E-state index contributed by atoms with van der Waals surface area (Å²) in [6, 6.07) is 3.37. The number of benzene rings is 1. The lowest BCUT2D eigenvalue weighted by Crippen LogP contribution is -2.29. The van der Waals surface area contributed by atoms with Crippen molar-refractivity contribution in [3.63, 3.8) is 0 Å². The second kappa shape index (κ2) is 6.50. The van der Waals surface area contributed by atoms with Gasteiger partial charge in [0.1, 0.15) is 5.82 Å². The van der Waals surface area contributed by atoms with Crippen LogP contribution in [-0.2, 0) is 10.0 Å². The van der Waals surface area contributed by atoms with E-state index in [0.717, 1.165) is 25.0 Å². The second-order valence-corrected chi connectivity index (χ2v) is 6.28. The van der Waals surface area contributed by atoms with Crippen LogP contribution in [0.25, 0.3) is 0 Å². The molecule has 0 saturated carbocycles. The molecule has 102 valence electrons. The Labute approximate surface area is 112 Å². The van der Waals surface area contributed by atoms with Gasteiger partial charge in [0, 0.05) is 6.54 Å². The van der Waals surface area contributed by atoms with E-state index in [1.54, 1.807) is 0 Å². The predicted molar refractivity (Wildman–Crippen MR) is 70.7 cm³/mol. The summed E-state index contributed by atoms with van der Waals surface area (Å²) >= 11 is 5.57. The maximum absolute atomic E-state index is 13.0. The molecule has 0 unspecified atom stereocenters. The zero-order valence-electron chi connectivity index (χ0n) is 10.4. The molecule has 3 nitrogen and oxygen atoms in total. The molecular formula is C12H17ClFNO2S. The van der Waals surface area contributed by atoms with Gasteiger partial charge in [0.2, 0.25) is 10.0 Å². The second-order valence-electron chi connectivity index (χ2n) is 4.11. The van der Waals surface area contributed by atoms with Crippen molar-refractivity contribution in [3.8, 4) is 0 Å².